The maximum Gasteiger partial charge on any atom is 0.225 e. The van der Waals surface area contributed by atoms with Gasteiger partial charge in [-0.1, -0.05) is 12.1 Å². The summed E-state index contributed by atoms with van der Waals surface area (Å²) < 4.78 is 0. The van der Waals surface area contributed by atoms with Gasteiger partial charge >= 0.3 is 0 Å². The van der Waals surface area contributed by atoms with Gasteiger partial charge in [0.15, 0.2) is 0 Å². The summed E-state index contributed by atoms with van der Waals surface area (Å²) in [5, 5.41) is 0. The minimum Gasteiger partial charge on any atom is -0.399 e. The molecule has 1 atom stereocenters. The fourth-order valence-corrected chi connectivity index (χ4v) is 1.82. The SMILES string of the molecule is Cc1ccnc(N(C)C(C)c2cccc(N)c2)n1. The number of hydrogen-bond acceptors (Lipinski definition) is 4. The lowest BCUT2D eigenvalue weighted by Crippen LogP contribution is -2.23. The lowest BCUT2D eigenvalue weighted by molar-refractivity contribution is 0.713. The van der Waals surface area contributed by atoms with E-state index in [-0.39, 0.29) is 6.04 Å². The topological polar surface area (TPSA) is 55.0 Å². The number of rotatable bonds is 3. The third-order valence-corrected chi connectivity index (χ3v) is 3.07. The van der Waals surface area contributed by atoms with Crippen molar-refractivity contribution in [2.45, 2.75) is 19.9 Å². The van der Waals surface area contributed by atoms with Crippen LogP contribution in [0.15, 0.2) is 36.5 Å². The quantitative estimate of drug-likeness (QED) is 0.840. The highest BCUT2D eigenvalue weighted by Crippen LogP contribution is 2.23. The zero-order valence-corrected chi connectivity index (χ0v) is 11.0. The summed E-state index contributed by atoms with van der Waals surface area (Å²) in [4.78, 5) is 10.8. The van der Waals surface area contributed by atoms with Gasteiger partial charge in [-0.2, -0.15) is 0 Å². The number of nitrogen functional groups attached to an aromatic ring is 1. The van der Waals surface area contributed by atoms with Crippen molar-refractivity contribution in [2.24, 2.45) is 0 Å². The molecule has 1 aromatic heterocycles. The van der Waals surface area contributed by atoms with Gasteiger partial charge in [-0.3, -0.25) is 0 Å². The second-order valence-electron chi connectivity index (χ2n) is 4.46. The van der Waals surface area contributed by atoms with Crippen molar-refractivity contribution in [3.05, 3.63) is 47.8 Å². The molecule has 0 fully saturated rings. The van der Waals surface area contributed by atoms with Crippen molar-refractivity contribution < 1.29 is 0 Å². The molecule has 0 radical (unpaired) electrons. The molecule has 2 aromatic rings. The van der Waals surface area contributed by atoms with E-state index in [1.807, 2.05) is 43.1 Å². The molecule has 0 spiro atoms. The first-order valence-corrected chi connectivity index (χ1v) is 5.96. The van der Waals surface area contributed by atoms with Crippen molar-refractivity contribution in [1.29, 1.82) is 0 Å². The van der Waals surface area contributed by atoms with E-state index < -0.39 is 0 Å². The van der Waals surface area contributed by atoms with E-state index in [1.165, 1.54) is 0 Å². The van der Waals surface area contributed by atoms with Crippen LogP contribution >= 0.6 is 0 Å². The number of nitrogens with two attached hydrogens (primary N) is 1. The van der Waals surface area contributed by atoms with Crippen molar-refractivity contribution in [2.75, 3.05) is 17.7 Å². The lowest BCUT2D eigenvalue weighted by Gasteiger charge is -2.25. The summed E-state index contributed by atoms with van der Waals surface area (Å²) in [6, 6.07) is 9.97. The molecule has 0 aliphatic rings. The molecule has 94 valence electrons. The normalized spacial score (nSPS) is 12.2. The molecule has 0 aliphatic carbocycles. The highest BCUT2D eigenvalue weighted by atomic mass is 15.2. The van der Waals surface area contributed by atoms with Crippen molar-refractivity contribution in [1.82, 2.24) is 9.97 Å². The molecule has 0 aliphatic heterocycles. The summed E-state index contributed by atoms with van der Waals surface area (Å²) >= 11 is 0. The van der Waals surface area contributed by atoms with E-state index in [0.717, 1.165) is 22.9 Å². The molecule has 2 N–H and O–H groups in total. The molecule has 1 heterocycles. The molecule has 2 rings (SSSR count). The van der Waals surface area contributed by atoms with Crippen molar-refractivity contribution in [3.63, 3.8) is 0 Å². The van der Waals surface area contributed by atoms with Crippen LogP contribution in [0.1, 0.15) is 24.2 Å². The van der Waals surface area contributed by atoms with Gasteiger partial charge in [0.2, 0.25) is 5.95 Å². The maximum absolute atomic E-state index is 5.81. The molecule has 0 saturated heterocycles. The summed E-state index contributed by atoms with van der Waals surface area (Å²) in [5.41, 5.74) is 8.71. The van der Waals surface area contributed by atoms with Gasteiger partial charge in [-0.15, -0.1) is 0 Å². The Kier molecular flexibility index (Phi) is 3.46. The van der Waals surface area contributed by atoms with Crippen molar-refractivity contribution in [3.8, 4) is 0 Å². The Morgan fingerprint density at radius 1 is 1.28 bits per heavy atom. The molecular formula is C14H18N4. The van der Waals surface area contributed by atoms with Gasteiger partial charge < -0.3 is 10.6 Å². The Morgan fingerprint density at radius 3 is 2.72 bits per heavy atom. The zero-order valence-electron chi connectivity index (χ0n) is 11.0. The van der Waals surface area contributed by atoms with Crippen LogP contribution in [-0.2, 0) is 0 Å². The Labute approximate surface area is 107 Å². The highest BCUT2D eigenvalue weighted by Gasteiger charge is 2.14. The number of anilines is 2. The Balaban J connectivity index is 2.26. The first-order valence-electron chi connectivity index (χ1n) is 5.96. The van der Waals surface area contributed by atoms with Gasteiger partial charge in [0.25, 0.3) is 0 Å². The molecular weight excluding hydrogens is 224 g/mol. The average molecular weight is 242 g/mol. The minimum atomic E-state index is 0.176. The van der Waals surface area contributed by atoms with E-state index in [4.69, 9.17) is 5.73 Å². The molecule has 1 unspecified atom stereocenters. The molecule has 0 amide bonds. The first-order chi connectivity index (χ1) is 8.58. The Hall–Kier alpha value is -2.10. The van der Waals surface area contributed by atoms with Crippen LogP contribution < -0.4 is 10.6 Å². The summed E-state index contributed by atoms with van der Waals surface area (Å²) in [6.07, 6.45) is 1.78. The van der Waals surface area contributed by atoms with Gasteiger partial charge in [-0.25, -0.2) is 9.97 Å². The minimum absolute atomic E-state index is 0.176. The first kappa shape index (κ1) is 12.4. The van der Waals surface area contributed by atoms with Crippen LogP contribution in [0.3, 0.4) is 0 Å². The summed E-state index contributed by atoms with van der Waals surface area (Å²) in [5.74, 6) is 0.727. The smallest absolute Gasteiger partial charge is 0.225 e. The largest absolute Gasteiger partial charge is 0.399 e. The van der Waals surface area contributed by atoms with Crippen LogP contribution in [0.5, 0.6) is 0 Å². The predicted molar refractivity (Wildman–Crippen MR) is 74.4 cm³/mol. The molecule has 0 saturated carbocycles. The Morgan fingerprint density at radius 2 is 2.06 bits per heavy atom. The van der Waals surface area contributed by atoms with E-state index in [1.54, 1.807) is 6.20 Å². The molecule has 4 heteroatoms. The number of nitrogens with zero attached hydrogens (tertiary/aromatic N) is 3. The third kappa shape index (κ3) is 2.59. The summed E-state index contributed by atoms with van der Waals surface area (Å²) in [6.45, 7) is 4.07. The van der Waals surface area contributed by atoms with Gasteiger partial charge in [-0.05, 0) is 37.6 Å². The van der Waals surface area contributed by atoms with E-state index >= 15 is 0 Å². The fourth-order valence-electron chi connectivity index (χ4n) is 1.82. The fraction of sp³-hybridized carbons (Fsp3) is 0.286. The van der Waals surface area contributed by atoms with Crippen LogP contribution in [0.4, 0.5) is 11.6 Å². The average Bonchev–Trinajstić information content (AvgIpc) is 2.37. The second kappa shape index (κ2) is 5.04. The number of aryl methyl sites for hydroxylation is 1. The standard InChI is InChI=1S/C14H18N4/c1-10-7-8-16-14(17-10)18(3)11(2)12-5-4-6-13(15)9-12/h4-9,11H,15H2,1-3H3. The van der Waals surface area contributed by atoms with Crippen LogP contribution in [0, 0.1) is 6.92 Å². The number of hydrogen-bond donors (Lipinski definition) is 1. The summed E-state index contributed by atoms with van der Waals surface area (Å²) in [7, 11) is 1.99. The van der Waals surface area contributed by atoms with E-state index in [2.05, 4.69) is 23.0 Å². The second-order valence-corrected chi connectivity index (χ2v) is 4.46. The molecule has 4 nitrogen and oxygen atoms in total. The zero-order chi connectivity index (χ0) is 13.1. The molecule has 18 heavy (non-hydrogen) atoms. The monoisotopic (exact) mass is 242 g/mol. The van der Waals surface area contributed by atoms with E-state index in [9.17, 15) is 0 Å². The maximum atomic E-state index is 5.81. The van der Waals surface area contributed by atoms with Crippen LogP contribution in [-0.4, -0.2) is 17.0 Å². The van der Waals surface area contributed by atoms with Gasteiger partial charge in [0.1, 0.15) is 0 Å². The van der Waals surface area contributed by atoms with Crippen molar-refractivity contribution >= 4 is 11.6 Å². The predicted octanol–water partition coefficient (Wildman–Crippen LogP) is 2.56. The van der Waals surface area contributed by atoms with Crippen LogP contribution in [0.2, 0.25) is 0 Å². The molecule has 0 bridgehead atoms. The van der Waals surface area contributed by atoms with Crippen LogP contribution in [0.25, 0.3) is 0 Å². The van der Waals surface area contributed by atoms with E-state index in [0.29, 0.717) is 0 Å². The molecule has 1 aromatic carbocycles. The highest BCUT2D eigenvalue weighted by molar-refractivity contribution is 5.44. The lowest BCUT2D eigenvalue weighted by atomic mass is 10.1. The number of aromatic nitrogens is 2. The number of benzene rings is 1. The van der Waals surface area contributed by atoms with Gasteiger partial charge in [0, 0.05) is 24.6 Å². The Bertz CT molecular complexity index is 489. The van der Waals surface area contributed by atoms with Gasteiger partial charge in [0.05, 0.1) is 6.04 Å². The third-order valence-electron chi connectivity index (χ3n) is 3.07.